The summed E-state index contributed by atoms with van der Waals surface area (Å²) in [5.74, 6) is -0.877. The minimum Gasteiger partial charge on any atom is -0.351 e. The first-order valence-corrected chi connectivity index (χ1v) is 5.27. The molecule has 16 heavy (non-hydrogen) atoms. The highest BCUT2D eigenvalue weighted by Gasteiger charge is 2.40. The number of Topliss-reactive ketones (excluding diaryl/α,β-unsaturated/α-hetero) is 1. The van der Waals surface area contributed by atoms with Crippen molar-refractivity contribution in [3.63, 3.8) is 0 Å². The molecular formula is C11H22O5. The molecule has 0 saturated heterocycles. The minimum absolute atomic E-state index is 0.157. The number of carbonyl (C=O) groups excluding carboxylic acids is 1. The lowest BCUT2D eigenvalue weighted by molar-refractivity contribution is -0.328. The van der Waals surface area contributed by atoms with E-state index in [-0.39, 0.29) is 5.78 Å². The molecule has 0 saturated carbocycles. The fraction of sp³-hybridized carbons (Fsp3) is 0.909. The number of hydrogen-bond donors (Lipinski definition) is 0. The Balaban J connectivity index is 4.60. The standard InChI is InChI=1S/C11H22O5/c1-6-9(12)7-8-11(15-4,16-5)10(13-2)14-3/h10H,6-8H2,1-5H3. The number of ketones is 1. The molecule has 0 N–H and O–H groups in total. The smallest absolute Gasteiger partial charge is 0.220 e. The predicted octanol–water partition coefficient (Wildman–Crippen LogP) is 1.35. The molecule has 0 aromatic heterocycles. The second-order valence-corrected chi connectivity index (χ2v) is 3.42. The first-order chi connectivity index (χ1) is 7.60. The van der Waals surface area contributed by atoms with Gasteiger partial charge in [-0.2, -0.15) is 0 Å². The average Bonchev–Trinajstić information content (AvgIpc) is 2.34. The van der Waals surface area contributed by atoms with Crippen molar-refractivity contribution in [3.05, 3.63) is 0 Å². The lowest BCUT2D eigenvalue weighted by Crippen LogP contribution is -2.48. The Labute approximate surface area is 97.0 Å². The Morgan fingerprint density at radius 2 is 1.62 bits per heavy atom. The summed E-state index contributed by atoms with van der Waals surface area (Å²) in [7, 11) is 6.02. The lowest BCUT2D eigenvalue weighted by atomic mass is 10.1. The zero-order valence-electron chi connectivity index (χ0n) is 10.7. The van der Waals surface area contributed by atoms with Crippen LogP contribution in [0.4, 0.5) is 0 Å². The summed E-state index contributed by atoms with van der Waals surface area (Å²) in [6.45, 7) is 1.83. The summed E-state index contributed by atoms with van der Waals surface area (Å²) in [5.41, 5.74) is 0. The first-order valence-electron chi connectivity index (χ1n) is 5.27. The van der Waals surface area contributed by atoms with Gasteiger partial charge in [0.1, 0.15) is 5.78 Å². The van der Waals surface area contributed by atoms with Gasteiger partial charge in [-0.3, -0.25) is 4.79 Å². The van der Waals surface area contributed by atoms with Gasteiger partial charge in [-0.25, -0.2) is 0 Å². The van der Waals surface area contributed by atoms with Crippen LogP contribution in [0.5, 0.6) is 0 Å². The van der Waals surface area contributed by atoms with E-state index in [1.807, 2.05) is 6.92 Å². The molecule has 96 valence electrons. The zero-order chi connectivity index (χ0) is 12.6. The Morgan fingerprint density at radius 1 is 1.12 bits per heavy atom. The van der Waals surface area contributed by atoms with Gasteiger partial charge in [-0.1, -0.05) is 6.92 Å². The minimum atomic E-state index is -1.03. The molecular weight excluding hydrogens is 212 g/mol. The monoisotopic (exact) mass is 234 g/mol. The van der Waals surface area contributed by atoms with E-state index in [2.05, 4.69) is 0 Å². The molecule has 5 nitrogen and oxygen atoms in total. The maximum absolute atomic E-state index is 11.3. The van der Waals surface area contributed by atoms with Crippen molar-refractivity contribution in [1.29, 1.82) is 0 Å². The van der Waals surface area contributed by atoms with E-state index < -0.39 is 12.1 Å². The molecule has 0 aliphatic carbocycles. The number of carbonyl (C=O) groups is 1. The van der Waals surface area contributed by atoms with Gasteiger partial charge in [0.05, 0.1) is 0 Å². The average molecular weight is 234 g/mol. The topological polar surface area (TPSA) is 54.0 Å². The van der Waals surface area contributed by atoms with Gasteiger partial charge < -0.3 is 18.9 Å². The molecule has 0 fully saturated rings. The first kappa shape index (κ1) is 15.5. The Hall–Kier alpha value is -0.490. The molecule has 0 bridgehead atoms. The molecule has 0 spiro atoms. The second kappa shape index (κ2) is 7.73. The van der Waals surface area contributed by atoms with Gasteiger partial charge in [-0.15, -0.1) is 0 Å². The Kier molecular flexibility index (Phi) is 7.49. The van der Waals surface area contributed by atoms with Gasteiger partial charge in [0.25, 0.3) is 0 Å². The van der Waals surface area contributed by atoms with Gasteiger partial charge in [-0.05, 0) is 0 Å². The van der Waals surface area contributed by atoms with E-state index in [1.165, 1.54) is 28.4 Å². The third kappa shape index (κ3) is 3.83. The van der Waals surface area contributed by atoms with Gasteiger partial charge in [0, 0.05) is 47.7 Å². The van der Waals surface area contributed by atoms with Crippen LogP contribution >= 0.6 is 0 Å². The van der Waals surface area contributed by atoms with Crippen molar-refractivity contribution in [2.45, 2.75) is 38.3 Å². The molecule has 5 heteroatoms. The van der Waals surface area contributed by atoms with Gasteiger partial charge in [0.2, 0.25) is 12.1 Å². The molecule has 0 unspecified atom stereocenters. The van der Waals surface area contributed by atoms with Gasteiger partial charge >= 0.3 is 0 Å². The fourth-order valence-corrected chi connectivity index (χ4v) is 1.54. The van der Waals surface area contributed by atoms with Crippen molar-refractivity contribution in [2.75, 3.05) is 28.4 Å². The number of hydrogen-bond acceptors (Lipinski definition) is 5. The second-order valence-electron chi connectivity index (χ2n) is 3.42. The van der Waals surface area contributed by atoms with Crippen LogP contribution in [0.25, 0.3) is 0 Å². The molecule has 0 aliphatic rings. The summed E-state index contributed by atoms with van der Waals surface area (Å²) < 4.78 is 20.9. The Morgan fingerprint density at radius 3 is 1.94 bits per heavy atom. The van der Waals surface area contributed by atoms with Crippen molar-refractivity contribution in [1.82, 2.24) is 0 Å². The van der Waals surface area contributed by atoms with Crippen LogP contribution in [-0.4, -0.2) is 46.3 Å². The van der Waals surface area contributed by atoms with Crippen LogP contribution in [0.2, 0.25) is 0 Å². The van der Waals surface area contributed by atoms with Crippen LogP contribution in [0.3, 0.4) is 0 Å². The van der Waals surface area contributed by atoms with E-state index in [9.17, 15) is 4.79 Å². The highest BCUT2D eigenvalue weighted by molar-refractivity contribution is 5.78. The predicted molar refractivity (Wildman–Crippen MR) is 59.1 cm³/mol. The SMILES string of the molecule is CCC(=O)CCC(OC)(OC)C(OC)OC. The normalized spacial score (nSPS) is 12.1. The van der Waals surface area contributed by atoms with Crippen LogP contribution in [0, 0.1) is 0 Å². The third-order valence-electron chi connectivity index (χ3n) is 2.62. The summed E-state index contributed by atoms with van der Waals surface area (Å²) in [6, 6.07) is 0. The van der Waals surface area contributed by atoms with Crippen LogP contribution in [0.15, 0.2) is 0 Å². The molecule has 0 aromatic rings. The number of ether oxygens (including phenoxy) is 4. The van der Waals surface area contributed by atoms with Crippen molar-refractivity contribution < 1.29 is 23.7 Å². The maximum atomic E-state index is 11.3. The largest absolute Gasteiger partial charge is 0.351 e. The van der Waals surface area contributed by atoms with Crippen LogP contribution in [-0.2, 0) is 23.7 Å². The van der Waals surface area contributed by atoms with E-state index in [0.717, 1.165) is 0 Å². The lowest BCUT2D eigenvalue weighted by Gasteiger charge is -2.35. The number of methoxy groups -OCH3 is 4. The van der Waals surface area contributed by atoms with Crippen LogP contribution in [0.1, 0.15) is 26.2 Å². The van der Waals surface area contributed by atoms with Crippen LogP contribution < -0.4 is 0 Å². The van der Waals surface area contributed by atoms with Crippen molar-refractivity contribution >= 4 is 5.78 Å². The maximum Gasteiger partial charge on any atom is 0.220 e. The Bertz CT molecular complexity index is 197. The van der Waals surface area contributed by atoms with Crippen molar-refractivity contribution in [2.24, 2.45) is 0 Å². The van der Waals surface area contributed by atoms with E-state index in [4.69, 9.17) is 18.9 Å². The van der Waals surface area contributed by atoms with Crippen molar-refractivity contribution in [3.8, 4) is 0 Å². The zero-order valence-corrected chi connectivity index (χ0v) is 10.7. The fourth-order valence-electron chi connectivity index (χ4n) is 1.54. The quantitative estimate of drug-likeness (QED) is 0.564. The van der Waals surface area contributed by atoms with E-state index in [1.54, 1.807) is 0 Å². The summed E-state index contributed by atoms with van der Waals surface area (Å²) >= 11 is 0. The number of rotatable bonds is 9. The summed E-state index contributed by atoms with van der Waals surface area (Å²) in [5, 5.41) is 0. The van der Waals surface area contributed by atoms with E-state index >= 15 is 0 Å². The van der Waals surface area contributed by atoms with E-state index in [0.29, 0.717) is 19.3 Å². The molecule has 0 heterocycles. The molecule has 0 atom stereocenters. The highest BCUT2D eigenvalue weighted by Crippen LogP contribution is 2.26. The molecule has 0 radical (unpaired) electrons. The summed E-state index contributed by atoms with van der Waals surface area (Å²) in [6.07, 6.45) is 0.626. The highest BCUT2D eigenvalue weighted by atomic mass is 16.8. The third-order valence-corrected chi connectivity index (χ3v) is 2.62. The molecule has 0 aromatic carbocycles. The summed E-state index contributed by atoms with van der Waals surface area (Å²) in [4.78, 5) is 11.3. The molecule has 0 amide bonds. The van der Waals surface area contributed by atoms with Gasteiger partial charge in [0.15, 0.2) is 0 Å². The molecule has 0 rings (SSSR count). The molecule has 0 aliphatic heterocycles.